The molecule has 1 aromatic heterocycles. The lowest BCUT2D eigenvalue weighted by molar-refractivity contribution is -0.126. The number of piperidine rings is 1. The molecule has 31 heavy (non-hydrogen) atoms. The van der Waals surface area contributed by atoms with Gasteiger partial charge >= 0.3 is 0 Å². The van der Waals surface area contributed by atoms with E-state index in [1.807, 2.05) is 19.2 Å². The third-order valence-electron chi connectivity index (χ3n) is 6.08. The average molecular weight is 415 g/mol. The lowest BCUT2D eigenvalue weighted by atomic mass is 9.95. The summed E-state index contributed by atoms with van der Waals surface area (Å²) in [7, 11) is 0. The SMILES string of the molecule is Cc1ccc(-c2nccc(N3CCC(C(=O)NC(C)c4ccc(C)cc4)CC3)n2)cc1. The summed E-state index contributed by atoms with van der Waals surface area (Å²) in [4.78, 5) is 24.3. The van der Waals surface area contributed by atoms with Crippen LogP contribution in [0.25, 0.3) is 11.4 Å². The third-order valence-corrected chi connectivity index (χ3v) is 6.08. The van der Waals surface area contributed by atoms with Crippen molar-refractivity contribution in [2.75, 3.05) is 18.0 Å². The van der Waals surface area contributed by atoms with Crippen LogP contribution in [0.15, 0.2) is 60.8 Å². The summed E-state index contributed by atoms with van der Waals surface area (Å²) in [6.45, 7) is 7.83. The number of carbonyl (C=O) groups excluding carboxylic acids is 1. The van der Waals surface area contributed by atoms with Crippen molar-refractivity contribution in [2.24, 2.45) is 5.92 Å². The Balaban J connectivity index is 1.35. The predicted molar refractivity (Wildman–Crippen MR) is 125 cm³/mol. The van der Waals surface area contributed by atoms with Crippen molar-refractivity contribution in [3.63, 3.8) is 0 Å². The average Bonchev–Trinajstić information content (AvgIpc) is 2.80. The number of aromatic nitrogens is 2. The largest absolute Gasteiger partial charge is 0.356 e. The standard InChI is InChI=1S/C26H30N4O/c1-18-4-8-21(9-5-18)20(3)28-26(31)23-13-16-30(17-14-23)24-12-15-27-25(29-24)22-10-6-19(2)7-11-22/h4-12,15,20,23H,13-14,16-17H2,1-3H3,(H,28,31). The van der Waals surface area contributed by atoms with Crippen molar-refractivity contribution in [2.45, 2.75) is 39.7 Å². The van der Waals surface area contributed by atoms with E-state index in [0.29, 0.717) is 0 Å². The van der Waals surface area contributed by atoms with Crippen LogP contribution in [0.1, 0.15) is 42.5 Å². The molecule has 5 heteroatoms. The van der Waals surface area contributed by atoms with Crippen LogP contribution in [-0.2, 0) is 4.79 Å². The van der Waals surface area contributed by atoms with Gasteiger partial charge in [0.1, 0.15) is 5.82 Å². The smallest absolute Gasteiger partial charge is 0.223 e. The van der Waals surface area contributed by atoms with Gasteiger partial charge in [-0.15, -0.1) is 0 Å². The second-order valence-electron chi connectivity index (χ2n) is 8.51. The number of nitrogens with one attached hydrogen (secondary N) is 1. The van der Waals surface area contributed by atoms with Gasteiger partial charge in [0.15, 0.2) is 5.82 Å². The lowest BCUT2D eigenvalue weighted by Crippen LogP contribution is -2.41. The van der Waals surface area contributed by atoms with E-state index in [-0.39, 0.29) is 17.9 Å². The maximum Gasteiger partial charge on any atom is 0.223 e. The molecule has 1 atom stereocenters. The molecule has 4 rings (SSSR count). The maximum absolute atomic E-state index is 12.8. The highest BCUT2D eigenvalue weighted by atomic mass is 16.1. The van der Waals surface area contributed by atoms with Crippen LogP contribution >= 0.6 is 0 Å². The molecule has 1 aliphatic heterocycles. The Morgan fingerprint density at radius 1 is 0.968 bits per heavy atom. The van der Waals surface area contributed by atoms with E-state index in [9.17, 15) is 4.79 Å². The minimum atomic E-state index is 0.0186. The molecule has 2 aromatic carbocycles. The van der Waals surface area contributed by atoms with Crippen molar-refractivity contribution >= 4 is 11.7 Å². The predicted octanol–water partition coefficient (Wildman–Crippen LogP) is 4.85. The summed E-state index contributed by atoms with van der Waals surface area (Å²) in [6, 6.07) is 18.6. The van der Waals surface area contributed by atoms with Gasteiger partial charge < -0.3 is 10.2 Å². The second-order valence-corrected chi connectivity index (χ2v) is 8.51. The van der Waals surface area contributed by atoms with Gasteiger partial charge in [-0.05, 0) is 45.2 Å². The minimum Gasteiger partial charge on any atom is -0.356 e. The van der Waals surface area contributed by atoms with Crippen LogP contribution in [0.2, 0.25) is 0 Å². The number of hydrogen-bond donors (Lipinski definition) is 1. The lowest BCUT2D eigenvalue weighted by Gasteiger charge is -2.32. The van der Waals surface area contributed by atoms with Gasteiger partial charge in [0.2, 0.25) is 5.91 Å². The summed E-state index contributed by atoms with van der Waals surface area (Å²) in [5, 5.41) is 3.19. The molecule has 3 aromatic rings. The van der Waals surface area contributed by atoms with E-state index in [2.05, 4.69) is 77.6 Å². The van der Waals surface area contributed by atoms with E-state index in [1.165, 1.54) is 11.1 Å². The van der Waals surface area contributed by atoms with Gasteiger partial charge in [0.05, 0.1) is 6.04 Å². The highest BCUT2D eigenvalue weighted by molar-refractivity contribution is 5.79. The first kappa shape index (κ1) is 21.0. The Labute approximate surface area is 184 Å². The molecule has 0 saturated carbocycles. The van der Waals surface area contributed by atoms with Crippen LogP contribution in [0.3, 0.4) is 0 Å². The first-order chi connectivity index (χ1) is 15.0. The highest BCUT2D eigenvalue weighted by Gasteiger charge is 2.26. The molecule has 1 saturated heterocycles. The molecule has 2 heterocycles. The minimum absolute atomic E-state index is 0.0186. The molecule has 1 unspecified atom stereocenters. The van der Waals surface area contributed by atoms with Crippen LogP contribution in [-0.4, -0.2) is 29.0 Å². The summed E-state index contributed by atoms with van der Waals surface area (Å²) in [6.07, 6.45) is 3.48. The van der Waals surface area contributed by atoms with E-state index in [1.54, 1.807) is 0 Å². The maximum atomic E-state index is 12.8. The molecule has 0 radical (unpaired) electrons. The molecule has 0 aliphatic carbocycles. The fourth-order valence-electron chi connectivity index (χ4n) is 4.01. The number of hydrogen-bond acceptors (Lipinski definition) is 4. The Morgan fingerprint density at radius 3 is 2.23 bits per heavy atom. The molecule has 1 N–H and O–H groups in total. The Hall–Kier alpha value is -3.21. The Kier molecular flexibility index (Phi) is 6.31. The van der Waals surface area contributed by atoms with Crippen molar-refractivity contribution in [1.82, 2.24) is 15.3 Å². The van der Waals surface area contributed by atoms with E-state index >= 15 is 0 Å². The molecule has 0 bridgehead atoms. The Morgan fingerprint density at radius 2 is 1.58 bits per heavy atom. The van der Waals surface area contributed by atoms with Gasteiger partial charge in [-0.1, -0.05) is 59.7 Å². The zero-order chi connectivity index (χ0) is 21.8. The van der Waals surface area contributed by atoms with E-state index < -0.39 is 0 Å². The summed E-state index contributed by atoms with van der Waals surface area (Å²) >= 11 is 0. The van der Waals surface area contributed by atoms with Gasteiger partial charge in [0.25, 0.3) is 0 Å². The number of carbonyl (C=O) groups is 1. The molecular formula is C26H30N4O. The van der Waals surface area contributed by atoms with Gasteiger partial charge in [-0.25, -0.2) is 9.97 Å². The number of benzene rings is 2. The molecule has 160 valence electrons. The van der Waals surface area contributed by atoms with Crippen LogP contribution < -0.4 is 10.2 Å². The topological polar surface area (TPSA) is 58.1 Å². The van der Waals surface area contributed by atoms with Crippen LogP contribution in [0.4, 0.5) is 5.82 Å². The number of rotatable bonds is 5. The zero-order valence-electron chi connectivity index (χ0n) is 18.5. The number of nitrogens with zero attached hydrogens (tertiary/aromatic N) is 3. The van der Waals surface area contributed by atoms with Gasteiger partial charge in [0, 0.05) is 30.8 Å². The Bertz CT molecular complexity index is 1020. The van der Waals surface area contributed by atoms with Crippen molar-refractivity contribution in [1.29, 1.82) is 0 Å². The molecule has 1 amide bonds. The second kappa shape index (κ2) is 9.29. The van der Waals surface area contributed by atoms with Crippen molar-refractivity contribution in [3.8, 4) is 11.4 Å². The number of aryl methyl sites for hydroxylation is 2. The summed E-state index contributed by atoms with van der Waals surface area (Å²) in [5.74, 6) is 1.86. The first-order valence-corrected chi connectivity index (χ1v) is 11.0. The van der Waals surface area contributed by atoms with Crippen molar-refractivity contribution in [3.05, 3.63) is 77.5 Å². The molecule has 5 nitrogen and oxygen atoms in total. The van der Waals surface area contributed by atoms with E-state index in [4.69, 9.17) is 4.98 Å². The molecular weight excluding hydrogens is 384 g/mol. The zero-order valence-corrected chi connectivity index (χ0v) is 18.5. The number of amides is 1. The fraction of sp³-hybridized carbons (Fsp3) is 0.346. The van der Waals surface area contributed by atoms with Crippen molar-refractivity contribution < 1.29 is 4.79 Å². The summed E-state index contributed by atoms with van der Waals surface area (Å²) < 4.78 is 0. The quantitative estimate of drug-likeness (QED) is 0.648. The summed E-state index contributed by atoms with van der Waals surface area (Å²) in [5.41, 5.74) is 4.61. The normalized spacial score (nSPS) is 15.5. The monoisotopic (exact) mass is 414 g/mol. The molecule has 1 fully saturated rings. The van der Waals surface area contributed by atoms with Crippen LogP contribution in [0, 0.1) is 19.8 Å². The van der Waals surface area contributed by atoms with E-state index in [0.717, 1.165) is 48.7 Å². The van der Waals surface area contributed by atoms with Gasteiger partial charge in [-0.3, -0.25) is 4.79 Å². The third kappa shape index (κ3) is 5.10. The van der Waals surface area contributed by atoms with Crippen LogP contribution in [0.5, 0.6) is 0 Å². The molecule has 1 aliphatic rings. The number of anilines is 1. The van der Waals surface area contributed by atoms with Gasteiger partial charge in [-0.2, -0.15) is 0 Å². The fourth-order valence-corrected chi connectivity index (χ4v) is 4.01. The highest BCUT2D eigenvalue weighted by Crippen LogP contribution is 2.25. The first-order valence-electron chi connectivity index (χ1n) is 11.0. The molecule has 0 spiro atoms.